The molecule has 0 aliphatic heterocycles. The number of carbonyl (C=O) groups excluding carboxylic acids is 1. The number of carboxylic acid groups (broad SMARTS) is 1. The van der Waals surface area contributed by atoms with Crippen LogP contribution in [0.2, 0.25) is 0 Å². The summed E-state index contributed by atoms with van der Waals surface area (Å²) in [7, 11) is 2.76. The van der Waals surface area contributed by atoms with Gasteiger partial charge in [-0.3, -0.25) is 9.59 Å². The van der Waals surface area contributed by atoms with Gasteiger partial charge in [0.2, 0.25) is 5.91 Å². The van der Waals surface area contributed by atoms with Crippen LogP contribution in [0.4, 0.5) is 10.1 Å². The SMILES string of the molecule is COc1cc(OC)c(NC(=O)C2CCC(C(=O)O)CC2)cc1F. The molecular weight excluding hydrogens is 305 g/mol. The van der Waals surface area contributed by atoms with Gasteiger partial charge in [0.05, 0.1) is 25.8 Å². The summed E-state index contributed by atoms with van der Waals surface area (Å²) in [5.74, 6) is -2.00. The molecule has 1 saturated carbocycles. The molecule has 1 aromatic carbocycles. The van der Waals surface area contributed by atoms with Gasteiger partial charge in [0, 0.05) is 18.1 Å². The first-order chi connectivity index (χ1) is 11.0. The Labute approximate surface area is 133 Å². The van der Waals surface area contributed by atoms with Gasteiger partial charge in [-0.1, -0.05) is 0 Å². The van der Waals surface area contributed by atoms with Crippen molar-refractivity contribution in [3.05, 3.63) is 17.9 Å². The minimum atomic E-state index is -0.817. The van der Waals surface area contributed by atoms with Crippen LogP contribution in [0.3, 0.4) is 0 Å². The molecule has 0 spiro atoms. The topological polar surface area (TPSA) is 84.9 Å². The van der Waals surface area contributed by atoms with E-state index in [9.17, 15) is 14.0 Å². The molecule has 1 aliphatic carbocycles. The number of hydrogen-bond acceptors (Lipinski definition) is 4. The zero-order valence-electron chi connectivity index (χ0n) is 13.1. The largest absolute Gasteiger partial charge is 0.494 e. The Morgan fingerprint density at radius 3 is 2.17 bits per heavy atom. The molecule has 0 radical (unpaired) electrons. The summed E-state index contributed by atoms with van der Waals surface area (Å²) in [5, 5.41) is 11.6. The van der Waals surface area contributed by atoms with Gasteiger partial charge >= 0.3 is 5.97 Å². The molecular formula is C16H20FNO5. The number of aliphatic carboxylic acids is 1. The van der Waals surface area contributed by atoms with E-state index in [1.807, 2.05) is 0 Å². The normalized spacial score (nSPS) is 20.7. The summed E-state index contributed by atoms with van der Waals surface area (Å²) in [6.45, 7) is 0. The summed E-state index contributed by atoms with van der Waals surface area (Å²) in [5.41, 5.74) is 0.233. The van der Waals surface area contributed by atoms with Crippen molar-refractivity contribution < 1.29 is 28.6 Å². The number of rotatable bonds is 5. The summed E-state index contributed by atoms with van der Waals surface area (Å²) in [4.78, 5) is 23.2. The average molecular weight is 325 g/mol. The second kappa shape index (κ2) is 7.30. The quantitative estimate of drug-likeness (QED) is 0.869. The van der Waals surface area contributed by atoms with E-state index >= 15 is 0 Å². The van der Waals surface area contributed by atoms with Crippen molar-refractivity contribution in [2.24, 2.45) is 11.8 Å². The molecule has 0 saturated heterocycles. The molecule has 0 aromatic heterocycles. The summed E-state index contributed by atoms with van der Waals surface area (Å²) in [6, 6.07) is 2.52. The number of methoxy groups -OCH3 is 2. The summed E-state index contributed by atoms with van der Waals surface area (Å²) in [6.07, 6.45) is 1.95. The van der Waals surface area contributed by atoms with Crippen molar-refractivity contribution in [1.82, 2.24) is 0 Å². The van der Waals surface area contributed by atoms with Crippen LogP contribution in [0.15, 0.2) is 12.1 Å². The Balaban J connectivity index is 2.06. The number of hydrogen-bond donors (Lipinski definition) is 2. The molecule has 2 N–H and O–H groups in total. The Hall–Kier alpha value is -2.31. The molecule has 1 fully saturated rings. The fourth-order valence-corrected chi connectivity index (χ4v) is 2.80. The highest BCUT2D eigenvalue weighted by atomic mass is 19.1. The van der Waals surface area contributed by atoms with Gasteiger partial charge in [0.15, 0.2) is 11.6 Å². The first kappa shape index (κ1) is 17.1. The minimum Gasteiger partial charge on any atom is -0.494 e. The monoisotopic (exact) mass is 325 g/mol. The van der Waals surface area contributed by atoms with Gasteiger partial charge in [-0.25, -0.2) is 4.39 Å². The number of carbonyl (C=O) groups is 2. The van der Waals surface area contributed by atoms with E-state index in [4.69, 9.17) is 14.6 Å². The van der Waals surface area contributed by atoms with Crippen molar-refractivity contribution in [2.45, 2.75) is 25.7 Å². The zero-order valence-corrected chi connectivity index (χ0v) is 13.1. The van der Waals surface area contributed by atoms with Crippen LogP contribution >= 0.6 is 0 Å². The lowest BCUT2D eigenvalue weighted by molar-refractivity contribution is -0.143. The number of benzene rings is 1. The molecule has 0 bridgehead atoms. The maximum Gasteiger partial charge on any atom is 0.306 e. The van der Waals surface area contributed by atoms with Crippen LogP contribution in [-0.4, -0.2) is 31.2 Å². The Kier molecular flexibility index (Phi) is 5.41. The van der Waals surface area contributed by atoms with E-state index in [1.165, 1.54) is 20.3 Å². The third-order valence-electron chi connectivity index (χ3n) is 4.18. The molecule has 0 unspecified atom stereocenters. The number of carboxylic acids is 1. The van der Waals surface area contributed by atoms with Gasteiger partial charge in [-0.2, -0.15) is 0 Å². The zero-order chi connectivity index (χ0) is 17.0. The Morgan fingerprint density at radius 2 is 1.65 bits per heavy atom. The predicted octanol–water partition coefficient (Wildman–Crippen LogP) is 2.67. The van der Waals surface area contributed by atoms with Crippen LogP contribution in [0.1, 0.15) is 25.7 Å². The molecule has 23 heavy (non-hydrogen) atoms. The van der Waals surface area contributed by atoms with Crippen molar-refractivity contribution >= 4 is 17.6 Å². The molecule has 1 aliphatic rings. The first-order valence-electron chi connectivity index (χ1n) is 7.41. The average Bonchev–Trinajstić information content (AvgIpc) is 2.55. The molecule has 126 valence electrons. The van der Waals surface area contributed by atoms with Gasteiger partial charge < -0.3 is 19.9 Å². The maximum absolute atomic E-state index is 13.8. The lowest BCUT2D eigenvalue weighted by Gasteiger charge is -2.25. The second-order valence-electron chi connectivity index (χ2n) is 5.56. The van der Waals surface area contributed by atoms with Crippen LogP contribution in [0, 0.1) is 17.7 Å². The van der Waals surface area contributed by atoms with E-state index in [2.05, 4.69) is 5.32 Å². The predicted molar refractivity (Wildman–Crippen MR) is 81.2 cm³/mol. The number of anilines is 1. The molecule has 0 heterocycles. The summed E-state index contributed by atoms with van der Waals surface area (Å²) >= 11 is 0. The van der Waals surface area contributed by atoms with E-state index < -0.39 is 11.8 Å². The number of nitrogens with one attached hydrogen (secondary N) is 1. The van der Waals surface area contributed by atoms with Gasteiger partial charge in [0.1, 0.15) is 5.75 Å². The van der Waals surface area contributed by atoms with Gasteiger partial charge in [-0.05, 0) is 25.7 Å². The van der Waals surface area contributed by atoms with Crippen LogP contribution in [0.5, 0.6) is 11.5 Å². The third-order valence-corrected chi connectivity index (χ3v) is 4.18. The van der Waals surface area contributed by atoms with Crippen molar-refractivity contribution in [1.29, 1.82) is 0 Å². The molecule has 6 nitrogen and oxygen atoms in total. The third kappa shape index (κ3) is 3.91. The lowest BCUT2D eigenvalue weighted by atomic mass is 9.81. The van der Waals surface area contributed by atoms with Crippen molar-refractivity contribution in [2.75, 3.05) is 19.5 Å². The number of halogens is 1. The van der Waals surface area contributed by atoms with E-state index in [-0.39, 0.29) is 29.2 Å². The lowest BCUT2D eigenvalue weighted by Crippen LogP contribution is -2.29. The number of amides is 1. The fourth-order valence-electron chi connectivity index (χ4n) is 2.80. The van der Waals surface area contributed by atoms with E-state index in [1.54, 1.807) is 0 Å². The van der Waals surface area contributed by atoms with Gasteiger partial charge in [-0.15, -0.1) is 0 Å². The fraction of sp³-hybridized carbons (Fsp3) is 0.500. The highest BCUT2D eigenvalue weighted by Gasteiger charge is 2.30. The standard InChI is InChI=1S/C16H20FNO5/c1-22-13-8-14(23-2)12(7-11(13)17)18-15(19)9-3-5-10(6-4-9)16(20)21/h7-10H,3-6H2,1-2H3,(H,18,19)(H,20,21). The van der Waals surface area contributed by atoms with Gasteiger partial charge in [0.25, 0.3) is 0 Å². The molecule has 7 heteroatoms. The van der Waals surface area contributed by atoms with Crippen LogP contribution in [-0.2, 0) is 9.59 Å². The maximum atomic E-state index is 13.8. The molecule has 1 aromatic rings. The van der Waals surface area contributed by atoms with Crippen LogP contribution < -0.4 is 14.8 Å². The summed E-state index contributed by atoms with van der Waals surface area (Å²) < 4.78 is 23.8. The Bertz CT molecular complexity index is 596. The molecule has 1 amide bonds. The van der Waals surface area contributed by atoms with E-state index in [0.717, 1.165) is 6.07 Å². The number of ether oxygens (including phenoxy) is 2. The first-order valence-corrected chi connectivity index (χ1v) is 7.41. The van der Waals surface area contributed by atoms with E-state index in [0.29, 0.717) is 31.4 Å². The Morgan fingerprint density at radius 1 is 1.09 bits per heavy atom. The molecule has 2 rings (SSSR count). The minimum absolute atomic E-state index is 0.0295. The van der Waals surface area contributed by atoms with Crippen molar-refractivity contribution in [3.63, 3.8) is 0 Å². The molecule has 0 atom stereocenters. The van der Waals surface area contributed by atoms with Crippen molar-refractivity contribution in [3.8, 4) is 11.5 Å². The highest BCUT2D eigenvalue weighted by Crippen LogP contribution is 2.34. The second-order valence-corrected chi connectivity index (χ2v) is 5.56. The van der Waals surface area contributed by atoms with Crippen LogP contribution in [0.25, 0.3) is 0 Å². The highest BCUT2D eigenvalue weighted by molar-refractivity contribution is 5.94. The smallest absolute Gasteiger partial charge is 0.306 e.